The van der Waals surface area contributed by atoms with Crippen LogP contribution in [-0.4, -0.2) is 47.7 Å². The van der Waals surface area contributed by atoms with Crippen LogP contribution in [0.5, 0.6) is 0 Å². The lowest BCUT2D eigenvalue weighted by Gasteiger charge is -2.25. The first kappa shape index (κ1) is 19.2. The van der Waals surface area contributed by atoms with Crippen molar-refractivity contribution in [1.82, 2.24) is 4.90 Å². The number of aliphatic hydroxyl groups is 1. The molecule has 23 heavy (non-hydrogen) atoms. The van der Waals surface area contributed by atoms with Crippen molar-refractivity contribution in [2.45, 2.75) is 46.1 Å². The van der Waals surface area contributed by atoms with E-state index in [1.54, 1.807) is 19.1 Å². The highest BCUT2D eigenvalue weighted by molar-refractivity contribution is 5.92. The van der Waals surface area contributed by atoms with Crippen LogP contribution < -0.4 is 0 Å². The third-order valence-corrected chi connectivity index (χ3v) is 3.69. The van der Waals surface area contributed by atoms with Gasteiger partial charge in [-0.1, -0.05) is 32.4 Å². The van der Waals surface area contributed by atoms with Crippen LogP contribution in [0.25, 0.3) is 0 Å². The van der Waals surface area contributed by atoms with Gasteiger partial charge in [0.05, 0.1) is 12.2 Å². The zero-order valence-corrected chi connectivity index (χ0v) is 14.2. The van der Waals surface area contributed by atoms with E-state index in [1.165, 1.54) is 10.5 Å². The molecule has 0 aromatic heterocycles. The molecular weight excluding hydrogens is 294 g/mol. The van der Waals surface area contributed by atoms with E-state index in [2.05, 4.69) is 6.92 Å². The van der Waals surface area contributed by atoms with E-state index in [4.69, 9.17) is 9.84 Å². The van der Waals surface area contributed by atoms with Crippen molar-refractivity contribution in [1.29, 1.82) is 0 Å². The van der Waals surface area contributed by atoms with Gasteiger partial charge >= 0.3 is 5.97 Å². The van der Waals surface area contributed by atoms with Crippen molar-refractivity contribution in [2.75, 3.05) is 19.7 Å². The number of ether oxygens (including phenoxy) is 1. The second-order valence-corrected chi connectivity index (χ2v) is 5.39. The van der Waals surface area contributed by atoms with E-state index < -0.39 is 12.1 Å². The van der Waals surface area contributed by atoms with Crippen LogP contribution in [0, 0.1) is 0 Å². The molecule has 1 unspecified atom stereocenters. The molecule has 0 aliphatic rings. The molecule has 1 N–H and O–H groups in total. The lowest BCUT2D eigenvalue weighted by atomic mass is 10.1. The van der Waals surface area contributed by atoms with Crippen molar-refractivity contribution in [2.24, 2.45) is 0 Å². The highest BCUT2D eigenvalue weighted by atomic mass is 16.5. The van der Waals surface area contributed by atoms with Crippen LogP contribution in [0.3, 0.4) is 0 Å². The number of aryl methyl sites for hydroxylation is 1. The lowest BCUT2D eigenvalue weighted by molar-refractivity contribution is -0.141. The average Bonchev–Trinajstić information content (AvgIpc) is 2.57. The molecule has 0 saturated carbocycles. The fourth-order valence-corrected chi connectivity index (χ4v) is 2.35. The molecule has 1 atom stereocenters. The number of amides is 1. The maximum atomic E-state index is 12.3. The van der Waals surface area contributed by atoms with Crippen LogP contribution in [0.4, 0.5) is 0 Å². The molecule has 0 spiro atoms. The minimum Gasteiger partial charge on any atom is -0.449 e. The molecule has 1 rings (SSSR count). The Morgan fingerprint density at radius 2 is 1.83 bits per heavy atom. The Morgan fingerprint density at radius 3 is 2.30 bits per heavy atom. The zero-order chi connectivity index (χ0) is 17.2. The van der Waals surface area contributed by atoms with Crippen LogP contribution in [0.15, 0.2) is 24.3 Å². The zero-order valence-electron chi connectivity index (χ0n) is 14.2. The summed E-state index contributed by atoms with van der Waals surface area (Å²) in [6, 6.07) is 7.28. The summed E-state index contributed by atoms with van der Waals surface area (Å²) < 4.78 is 5.36. The summed E-state index contributed by atoms with van der Waals surface area (Å²) in [7, 11) is 0. The van der Waals surface area contributed by atoms with Gasteiger partial charge in [-0.3, -0.25) is 4.79 Å². The molecule has 0 heterocycles. The Labute approximate surface area is 138 Å². The topological polar surface area (TPSA) is 66.8 Å². The Morgan fingerprint density at radius 1 is 1.17 bits per heavy atom. The Kier molecular flexibility index (Phi) is 8.33. The summed E-state index contributed by atoms with van der Waals surface area (Å²) in [5.41, 5.74) is 1.62. The van der Waals surface area contributed by atoms with Crippen LogP contribution >= 0.6 is 0 Å². The number of carbonyl (C=O) groups is 2. The maximum Gasteiger partial charge on any atom is 0.338 e. The van der Waals surface area contributed by atoms with Gasteiger partial charge in [-0.05, 0) is 37.5 Å². The molecule has 1 aromatic rings. The second-order valence-electron chi connectivity index (χ2n) is 5.39. The molecule has 0 aliphatic heterocycles. The van der Waals surface area contributed by atoms with Crippen LogP contribution in [0.2, 0.25) is 0 Å². The number of likely N-dealkylation sites (N-methyl/N-ethyl adjacent to an activating group) is 1. The summed E-state index contributed by atoms with van der Waals surface area (Å²) >= 11 is 0. The van der Waals surface area contributed by atoms with Gasteiger partial charge in [-0.25, -0.2) is 4.79 Å². The van der Waals surface area contributed by atoms with E-state index in [0.717, 1.165) is 12.8 Å². The first-order valence-corrected chi connectivity index (χ1v) is 8.26. The van der Waals surface area contributed by atoms with Crippen molar-refractivity contribution in [3.63, 3.8) is 0 Å². The number of hydrogen-bond acceptors (Lipinski definition) is 4. The molecular formula is C18H27NO4. The summed E-state index contributed by atoms with van der Waals surface area (Å²) in [5.74, 6) is -0.756. The van der Waals surface area contributed by atoms with Gasteiger partial charge in [0.1, 0.15) is 0 Å². The van der Waals surface area contributed by atoms with Gasteiger partial charge in [0.15, 0.2) is 6.10 Å². The summed E-state index contributed by atoms with van der Waals surface area (Å²) in [6.45, 7) is 6.34. The number of hydrogen-bond donors (Lipinski definition) is 1. The lowest BCUT2D eigenvalue weighted by Crippen LogP contribution is -2.42. The first-order valence-electron chi connectivity index (χ1n) is 8.26. The van der Waals surface area contributed by atoms with E-state index in [0.29, 0.717) is 18.5 Å². The number of benzene rings is 1. The molecule has 1 amide bonds. The summed E-state index contributed by atoms with van der Waals surface area (Å²) in [5, 5.41) is 9.00. The fraction of sp³-hybridized carbons (Fsp3) is 0.556. The number of esters is 1. The fourth-order valence-electron chi connectivity index (χ4n) is 2.35. The molecule has 0 saturated heterocycles. The molecule has 5 heteroatoms. The van der Waals surface area contributed by atoms with Crippen molar-refractivity contribution in [3.8, 4) is 0 Å². The Hall–Kier alpha value is -1.88. The summed E-state index contributed by atoms with van der Waals surface area (Å²) in [4.78, 5) is 26.0. The van der Waals surface area contributed by atoms with E-state index in [-0.39, 0.29) is 19.1 Å². The molecule has 128 valence electrons. The number of aliphatic hydroxyl groups excluding tert-OH is 1. The molecule has 1 aromatic carbocycles. The highest BCUT2D eigenvalue weighted by Gasteiger charge is 2.25. The number of nitrogens with zero attached hydrogens (tertiary/aromatic N) is 1. The molecule has 0 radical (unpaired) electrons. The normalized spacial score (nSPS) is 11.8. The Bertz CT molecular complexity index is 498. The average molecular weight is 321 g/mol. The SMILES string of the molecule is CCCc1ccc(C(=O)OC(CC)C(=O)N(CC)CCO)cc1. The van der Waals surface area contributed by atoms with E-state index in [1.807, 2.05) is 19.1 Å². The van der Waals surface area contributed by atoms with Crippen LogP contribution in [0.1, 0.15) is 49.5 Å². The van der Waals surface area contributed by atoms with Gasteiger partial charge in [-0.2, -0.15) is 0 Å². The molecule has 0 aliphatic carbocycles. The van der Waals surface area contributed by atoms with E-state index in [9.17, 15) is 9.59 Å². The quantitative estimate of drug-likeness (QED) is 0.709. The third kappa shape index (κ3) is 5.67. The van der Waals surface area contributed by atoms with Gasteiger partial charge in [0, 0.05) is 13.1 Å². The standard InChI is InChI=1S/C18H27NO4/c1-4-7-14-8-10-15(11-9-14)18(22)23-16(5-2)17(21)19(6-3)12-13-20/h8-11,16,20H,4-7,12-13H2,1-3H3. The molecule has 5 nitrogen and oxygen atoms in total. The van der Waals surface area contributed by atoms with Crippen molar-refractivity contribution < 1.29 is 19.4 Å². The maximum absolute atomic E-state index is 12.3. The van der Waals surface area contributed by atoms with Gasteiger partial charge in [0.2, 0.25) is 0 Å². The van der Waals surface area contributed by atoms with Gasteiger partial charge < -0.3 is 14.7 Å². The van der Waals surface area contributed by atoms with Crippen molar-refractivity contribution in [3.05, 3.63) is 35.4 Å². The van der Waals surface area contributed by atoms with Crippen molar-refractivity contribution >= 4 is 11.9 Å². The Balaban J connectivity index is 2.73. The van der Waals surface area contributed by atoms with Gasteiger partial charge in [0.25, 0.3) is 5.91 Å². The summed E-state index contributed by atoms with van der Waals surface area (Å²) in [6.07, 6.45) is 1.61. The highest BCUT2D eigenvalue weighted by Crippen LogP contribution is 2.11. The number of rotatable bonds is 9. The number of carbonyl (C=O) groups excluding carboxylic acids is 2. The second kappa shape index (κ2) is 10.0. The predicted molar refractivity (Wildman–Crippen MR) is 89.3 cm³/mol. The minimum atomic E-state index is -0.815. The molecule has 0 fully saturated rings. The largest absolute Gasteiger partial charge is 0.449 e. The van der Waals surface area contributed by atoms with Crippen LogP contribution in [-0.2, 0) is 16.0 Å². The minimum absolute atomic E-state index is 0.108. The smallest absolute Gasteiger partial charge is 0.338 e. The predicted octanol–water partition coefficient (Wildman–Crippen LogP) is 2.42. The first-order chi connectivity index (χ1) is 11.1. The third-order valence-electron chi connectivity index (χ3n) is 3.69. The molecule has 0 bridgehead atoms. The van der Waals surface area contributed by atoms with Gasteiger partial charge in [-0.15, -0.1) is 0 Å². The monoisotopic (exact) mass is 321 g/mol. The van der Waals surface area contributed by atoms with E-state index >= 15 is 0 Å².